The van der Waals surface area contributed by atoms with Crippen LogP contribution in [-0.2, 0) is 11.2 Å². The maximum absolute atomic E-state index is 13.1. The smallest absolute Gasteiger partial charge is 0.327 e. The number of aromatic nitrogens is 2. The van der Waals surface area contributed by atoms with Crippen LogP contribution in [0.15, 0.2) is 48.5 Å². The molecular formula is C19H19FN2O2. The van der Waals surface area contributed by atoms with Gasteiger partial charge < -0.3 is 9.67 Å². The first-order valence-corrected chi connectivity index (χ1v) is 7.90. The van der Waals surface area contributed by atoms with Crippen LogP contribution in [0.25, 0.3) is 11.0 Å². The van der Waals surface area contributed by atoms with E-state index in [4.69, 9.17) is 0 Å². The van der Waals surface area contributed by atoms with Gasteiger partial charge in [-0.05, 0) is 35.7 Å². The lowest BCUT2D eigenvalue weighted by Gasteiger charge is -2.21. The molecule has 124 valence electrons. The number of carboxylic acids is 1. The summed E-state index contributed by atoms with van der Waals surface area (Å²) in [5.41, 5.74) is 2.46. The van der Waals surface area contributed by atoms with Crippen LogP contribution >= 0.6 is 0 Å². The van der Waals surface area contributed by atoms with Gasteiger partial charge in [0.15, 0.2) is 0 Å². The van der Waals surface area contributed by atoms with Crippen LogP contribution in [-0.4, -0.2) is 20.6 Å². The van der Waals surface area contributed by atoms with E-state index in [0.29, 0.717) is 12.2 Å². The minimum Gasteiger partial charge on any atom is -0.480 e. The zero-order valence-corrected chi connectivity index (χ0v) is 13.6. The van der Waals surface area contributed by atoms with Crippen molar-refractivity contribution in [2.24, 2.45) is 5.92 Å². The summed E-state index contributed by atoms with van der Waals surface area (Å²) in [6.07, 6.45) is 0.450. The SMILES string of the molecule is CC(C)C(C(=O)O)n1c(Cc2ccc(F)cc2)nc2ccccc21. The molecule has 1 heterocycles. The number of para-hydroxylation sites is 2. The zero-order chi connectivity index (χ0) is 17.3. The molecule has 0 saturated heterocycles. The van der Waals surface area contributed by atoms with Crippen molar-refractivity contribution in [1.82, 2.24) is 9.55 Å². The molecule has 4 nitrogen and oxygen atoms in total. The molecule has 1 unspecified atom stereocenters. The molecule has 0 saturated carbocycles. The van der Waals surface area contributed by atoms with Gasteiger partial charge in [0, 0.05) is 6.42 Å². The summed E-state index contributed by atoms with van der Waals surface area (Å²) in [6, 6.07) is 13.0. The number of aliphatic carboxylic acids is 1. The number of nitrogens with zero attached hydrogens (tertiary/aromatic N) is 2. The molecule has 0 bridgehead atoms. The van der Waals surface area contributed by atoms with Crippen LogP contribution in [0.2, 0.25) is 0 Å². The second kappa shape index (κ2) is 6.43. The molecule has 3 aromatic rings. The number of hydrogen-bond donors (Lipinski definition) is 1. The van der Waals surface area contributed by atoms with Gasteiger partial charge in [0.25, 0.3) is 0 Å². The molecule has 0 aliphatic heterocycles. The Morgan fingerprint density at radius 1 is 1.17 bits per heavy atom. The van der Waals surface area contributed by atoms with Crippen molar-refractivity contribution in [2.45, 2.75) is 26.3 Å². The predicted molar refractivity (Wildman–Crippen MR) is 90.4 cm³/mol. The van der Waals surface area contributed by atoms with Crippen molar-refractivity contribution in [3.05, 3.63) is 65.7 Å². The summed E-state index contributed by atoms with van der Waals surface area (Å²) in [5, 5.41) is 9.70. The highest BCUT2D eigenvalue weighted by Gasteiger charge is 2.28. The summed E-state index contributed by atoms with van der Waals surface area (Å²) in [4.78, 5) is 16.5. The number of fused-ring (bicyclic) bond motifs is 1. The molecule has 1 aromatic heterocycles. The topological polar surface area (TPSA) is 55.1 Å². The fourth-order valence-electron chi connectivity index (χ4n) is 3.01. The van der Waals surface area contributed by atoms with Crippen molar-refractivity contribution in [1.29, 1.82) is 0 Å². The first-order chi connectivity index (χ1) is 11.5. The third kappa shape index (κ3) is 3.02. The highest BCUT2D eigenvalue weighted by atomic mass is 19.1. The Labute approximate surface area is 139 Å². The molecule has 0 aliphatic carbocycles. The molecule has 0 radical (unpaired) electrons. The zero-order valence-electron chi connectivity index (χ0n) is 13.6. The van der Waals surface area contributed by atoms with Gasteiger partial charge in [-0.15, -0.1) is 0 Å². The second-order valence-electron chi connectivity index (χ2n) is 6.22. The number of halogens is 1. The lowest BCUT2D eigenvalue weighted by Crippen LogP contribution is -2.26. The van der Waals surface area contributed by atoms with E-state index in [2.05, 4.69) is 4.98 Å². The number of carbonyl (C=O) groups is 1. The summed E-state index contributed by atoms with van der Waals surface area (Å²) in [6.45, 7) is 3.77. The molecule has 1 atom stereocenters. The Bertz CT molecular complexity index is 869. The van der Waals surface area contributed by atoms with Crippen LogP contribution < -0.4 is 0 Å². The van der Waals surface area contributed by atoms with E-state index in [0.717, 1.165) is 16.6 Å². The van der Waals surface area contributed by atoms with E-state index in [-0.39, 0.29) is 11.7 Å². The maximum Gasteiger partial charge on any atom is 0.327 e. The minimum atomic E-state index is -0.881. The standard InChI is InChI=1S/C19H19FN2O2/c1-12(2)18(19(23)24)22-16-6-4-3-5-15(16)21-17(22)11-13-7-9-14(20)10-8-13/h3-10,12,18H,11H2,1-2H3,(H,23,24). The summed E-state index contributed by atoms with van der Waals surface area (Å²) < 4.78 is 14.9. The van der Waals surface area contributed by atoms with Crippen molar-refractivity contribution < 1.29 is 14.3 Å². The fraction of sp³-hybridized carbons (Fsp3) is 0.263. The van der Waals surface area contributed by atoms with Crippen molar-refractivity contribution in [2.75, 3.05) is 0 Å². The molecule has 0 amide bonds. The Kier molecular flexibility index (Phi) is 4.34. The Hall–Kier alpha value is -2.69. The molecule has 1 N–H and O–H groups in total. The monoisotopic (exact) mass is 326 g/mol. The predicted octanol–water partition coefficient (Wildman–Crippen LogP) is 4.05. The highest BCUT2D eigenvalue weighted by Crippen LogP contribution is 2.28. The third-order valence-electron chi connectivity index (χ3n) is 4.11. The Balaban J connectivity index is 2.14. The van der Waals surface area contributed by atoms with Gasteiger partial charge in [-0.1, -0.05) is 38.1 Å². The number of rotatable bonds is 5. The average molecular weight is 326 g/mol. The molecule has 0 fully saturated rings. The molecule has 0 aliphatic rings. The summed E-state index contributed by atoms with van der Waals surface area (Å²) in [5.74, 6) is -0.595. The minimum absolute atomic E-state index is 0.0907. The number of carboxylic acid groups (broad SMARTS) is 1. The van der Waals surface area contributed by atoms with E-state index in [9.17, 15) is 14.3 Å². The van der Waals surface area contributed by atoms with Gasteiger partial charge in [0.05, 0.1) is 11.0 Å². The average Bonchev–Trinajstić information content (AvgIpc) is 2.87. The van der Waals surface area contributed by atoms with Crippen LogP contribution in [0.1, 0.15) is 31.3 Å². The van der Waals surface area contributed by atoms with Gasteiger partial charge >= 0.3 is 5.97 Å². The first kappa shape index (κ1) is 16.2. The largest absolute Gasteiger partial charge is 0.480 e. The number of imidazole rings is 1. The lowest BCUT2D eigenvalue weighted by molar-refractivity contribution is -0.142. The second-order valence-corrected chi connectivity index (χ2v) is 6.22. The third-order valence-corrected chi connectivity index (χ3v) is 4.11. The van der Waals surface area contributed by atoms with Gasteiger partial charge in [-0.25, -0.2) is 14.2 Å². The molecule has 2 aromatic carbocycles. The first-order valence-electron chi connectivity index (χ1n) is 7.90. The number of benzene rings is 2. The van der Waals surface area contributed by atoms with E-state index in [1.165, 1.54) is 12.1 Å². The Morgan fingerprint density at radius 3 is 2.46 bits per heavy atom. The quantitative estimate of drug-likeness (QED) is 0.769. The highest BCUT2D eigenvalue weighted by molar-refractivity contribution is 5.80. The molecular weight excluding hydrogens is 307 g/mol. The van der Waals surface area contributed by atoms with Crippen LogP contribution in [0, 0.1) is 11.7 Å². The van der Waals surface area contributed by atoms with Crippen molar-refractivity contribution in [3.63, 3.8) is 0 Å². The van der Waals surface area contributed by atoms with Gasteiger partial charge in [-0.3, -0.25) is 0 Å². The Morgan fingerprint density at radius 2 is 1.83 bits per heavy atom. The molecule has 24 heavy (non-hydrogen) atoms. The van der Waals surface area contributed by atoms with Crippen LogP contribution in [0.3, 0.4) is 0 Å². The van der Waals surface area contributed by atoms with E-state index in [1.54, 1.807) is 16.7 Å². The lowest BCUT2D eigenvalue weighted by atomic mass is 10.0. The summed E-state index contributed by atoms with van der Waals surface area (Å²) in [7, 11) is 0. The molecule has 0 spiro atoms. The maximum atomic E-state index is 13.1. The van der Waals surface area contributed by atoms with Crippen molar-refractivity contribution in [3.8, 4) is 0 Å². The fourth-order valence-corrected chi connectivity index (χ4v) is 3.01. The normalized spacial score (nSPS) is 12.7. The molecule has 3 rings (SSSR count). The van der Waals surface area contributed by atoms with E-state index < -0.39 is 12.0 Å². The van der Waals surface area contributed by atoms with Gasteiger partial charge in [0.1, 0.15) is 17.7 Å². The van der Waals surface area contributed by atoms with Crippen molar-refractivity contribution >= 4 is 17.0 Å². The number of hydrogen-bond acceptors (Lipinski definition) is 2. The van der Waals surface area contributed by atoms with E-state index >= 15 is 0 Å². The molecule has 5 heteroatoms. The van der Waals surface area contributed by atoms with Gasteiger partial charge in [0.2, 0.25) is 0 Å². The summed E-state index contributed by atoms with van der Waals surface area (Å²) >= 11 is 0. The van der Waals surface area contributed by atoms with Gasteiger partial charge in [-0.2, -0.15) is 0 Å². The van der Waals surface area contributed by atoms with Crippen LogP contribution in [0.5, 0.6) is 0 Å². The van der Waals surface area contributed by atoms with E-state index in [1.807, 2.05) is 38.1 Å². The van der Waals surface area contributed by atoms with Crippen LogP contribution in [0.4, 0.5) is 4.39 Å².